The number of ether oxygens (including phenoxy) is 1. The number of rotatable bonds is 2. The average Bonchev–Trinajstić information content (AvgIpc) is 2.18. The third-order valence-corrected chi connectivity index (χ3v) is 2.53. The summed E-state index contributed by atoms with van der Waals surface area (Å²) >= 11 is 0. The molecule has 1 atom stereocenters. The van der Waals surface area contributed by atoms with E-state index in [0.29, 0.717) is 12.5 Å². The van der Waals surface area contributed by atoms with E-state index in [1.807, 2.05) is 20.8 Å². The van der Waals surface area contributed by atoms with Crippen LogP contribution < -0.4 is 11.1 Å². The quantitative estimate of drug-likeness (QED) is 0.702. The lowest BCUT2D eigenvalue weighted by Crippen LogP contribution is -2.36. The number of nitrogens with one attached hydrogen (secondary N) is 1. The molecular formula is C12H26N2O2. The van der Waals surface area contributed by atoms with Gasteiger partial charge in [0.05, 0.1) is 0 Å². The average molecular weight is 230 g/mol. The zero-order valence-corrected chi connectivity index (χ0v) is 11.0. The van der Waals surface area contributed by atoms with Crippen LogP contribution in [0.25, 0.3) is 0 Å². The number of hydrogen-bond donors (Lipinski definition) is 2. The van der Waals surface area contributed by atoms with Crippen molar-refractivity contribution < 1.29 is 9.53 Å². The molecule has 0 bridgehead atoms. The summed E-state index contributed by atoms with van der Waals surface area (Å²) in [6.45, 7) is 10.3. The molecule has 0 aromatic heterocycles. The monoisotopic (exact) mass is 230 g/mol. The molecule has 0 saturated carbocycles. The highest BCUT2D eigenvalue weighted by Crippen LogP contribution is 2.13. The molecule has 1 rings (SSSR count). The minimum Gasteiger partial charge on any atom is -0.462 e. The van der Waals surface area contributed by atoms with Gasteiger partial charge in [-0.3, -0.25) is 4.79 Å². The maximum absolute atomic E-state index is 9.60. The normalized spacial score (nSPS) is 19.3. The van der Waals surface area contributed by atoms with Crippen LogP contribution >= 0.6 is 0 Å². The van der Waals surface area contributed by atoms with Crippen LogP contribution in [0.3, 0.4) is 0 Å². The van der Waals surface area contributed by atoms with Gasteiger partial charge in [-0.2, -0.15) is 0 Å². The fraction of sp³-hybridized carbons (Fsp3) is 0.917. The Bertz CT molecular complexity index is 182. The Morgan fingerprint density at radius 1 is 1.38 bits per heavy atom. The van der Waals surface area contributed by atoms with E-state index in [1.165, 1.54) is 12.8 Å². The summed E-state index contributed by atoms with van der Waals surface area (Å²) < 4.78 is 4.55. The Kier molecular flexibility index (Phi) is 7.34. The molecule has 4 nitrogen and oxygen atoms in total. The molecule has 3 N–H and O–H groups in total. The zero-order chi connectivity index (χ0) is 12.6. The van der Waals surface area contributed by atoms with Crippen LogP contribution in [0.15, 0.2) is 0 Å². The van der Waals surface area contributed by atoms with Crippen molar-refractivity contribution in [2.24, 2.45) is 11.7 Å². The molecule has 1 saturated heterocycles. The van der Waals surface area contributed by atoms with E-state index >= 15 is 0 Å². The van der Waals surface area contributed by atoms with E-state index in [-0.39, 0.29) is 5.60 Å². The molecule has 1 aliphatic heterocycles. The molecule has 4 heteroatoms. The summed E-state index contributed by atoms with van der Waals surface area (Å²) in [6, 6.07) is 0.395. The van der Waals surface area contributed by atoms with E-state index in [2.05, 4.69) is 17.0 Å². The van der Waals surface area contributed by atoms with Gasteiger partial charge in [0.2, 0.25) is 0 Å². The number of piperidine rings is 1. The van der Waals surface area contributed by atoms with Crippen LogP contribution in [-0.4, -0.2) is 31.2 Å². The molecule has 0 amide bonds. The third-order valence-electron chi connectivity index (χ3n) is 2.53. The third kappa shape index (κ3) is 8.68. The van der Waals surface area contributed by atoms with E-state index in [4.69, 9.17) is 5.73 Å². The summed E-state index contributed by atoms with van der Waals surface area (Å²) in [7, 11) is 0. The number of hydrogen-bond acceptors (Lipinski definition) is 4. The van der Waals surface area contributed by atoms with Gasteiger partial charge in [-0.15, -0.1) is 0 Å². The van der Waals surface area contributed by atoms with Crippen molar-refractivity contribution in [1.29, 1.82) is 0 Å². The van der Waals surface area contributed by atoms with E-state index in [9.17, 15) is 4.79 Å². The molecule has 1 unspecified atom stereocenters. The molecule has 16 heavy (non-hydrogen) atoms. The largest absolute Gasteiger partial charge is 0.462 e. The molecule has 96 valence electrons. The van der Waals surface area contributed by atoms with Gasteiger partial charge in [0.1, 0.15) is 5.60 Å². The smallest absolute Gasteiger partial charge is 0.293 e. The standard InChI is InChI=1S/C7H16N2.C5H10O2/c1-6(8)7-2-4-9-5-3-7;1-5(2,3)7-4-6/h6-7,9H,2-5,8H2,1H3;4H,1-3H3. The number of nitrogens with two attached hydrogens (primary N) is 1. The highest BCUT2D eigenvalue weighted by atomic mass is 16.5. The summed E-state index contributed by atoms with van der Waals surface area (Å²) in [5.74, 6) is 0.770. The highest BCUT2D eigenvalue weighted by Gasteiger charge is 2.15. The molecule has 1 fully saturated rings. The van der Waals surface area contributed by atoms with Gasteiger partial charge in [0.15, 0.2) is 0 Å². The predicted molar refractivity (Wildman–Crippen MR) is 66.1 cm³/mol. The molecule has 1 aliphatic rings. The Balaban J connectivity index is 0.000000293. The molecule has 0 aliphatic carbocycles. The number of carbonyl (C=O) groups is 1. The van der Waals surface area contributed by atoms with Crippen molar-refractivity contribution in [2.75, 3.05) is 13.1 Å². The minimum absolute atomic E-state index is 0.318. The highest BCUT2D eigenvalue weighted by molar-refractivity contribution is 5.37. The van der Waals surface area contributed by atoms with Crippen molar-refractivity contribution in [3.05, 3.63) is 0 Å². The first-order valence-corrected chi connectivity index (χ1v) is 5.94. The second-order valence-electron chi connectivity index (χ2n) is 5.27. The Labute approximate surface area is 98.9 Å². The second kappa shape index (κ2) is 7.63. The fourth-order valence-electron chi connectivity index (χ4n) is 1.51. The molecule has 0 spiro atoms. The summed E-state index contributed by atoms with van der Waals surface area (Å²) in [5.41, 5.74) is 5.42. The lowest BCUT2D eigenvalue weighted by Gasteiger charge is -2.25. The van der Waals surface area contributed by atoms with Gasteiger partial charge in [-0.05, 0) is 59.5 Å². The van der Waals surface area contributed by atoms with Crippen molar-refractivity contribution in [3.8, 4) is 0 Å². The van der Waals surface area contributed by atoms with Crippen LogP contribution in [-0.2, 0) is 9.53 Å². The first kappa shape index (κ1) is 15.4. The Morgan fingerprint density at radius 3 is 2.06 bits per heavy atom. The molecule has 1 heterocycles. The van der Waals surface area contributed by atoms with Gasteiger partial charge >= 0.3 is 0 Å². The lowest BCUT2D eigenvalue weighted by molar-refractivity contribution is -0.138. The predicted octanol–water partition coefficient (Wildman–Crippen LogP) is 1.29. The van der Waals surface area contributed by atoms with E-state index < -0.39 is 0 Å². The van der Waals surface area contributed by atoms with Crippen molar-refractivity contribution in [3.63, 3.8) is 0 Å². The number of carbonyl (C=O) groups excluding carboxylic acids is 1. The molecular weight excluding hydrogens is 204 g/mol. The SMILES string of the molecule is CC(C)(C)OC=O.CC(N)C1CCNCC1. The Hall–Kier alpha value is -0.610. The molecule has 0 aromatic rings. The molecule has 0 radical (unpaired) electrons. The Morgan fingerprint density at radius 2 is 1.88 bits per heavy atom. The maximum Gasteiger partial charge on any atom is 0.293 e. The van der Waals surface area contributed by atoms with Crippen molar-refractivity contribution >= 4 is 6.47 Å². The minimum atomic E-state index is -0.318. The van der Waals surface area contributed by atoms with Gasteiger partial charge in [0.25, 0.3) is 6.47 Å². The van der Waals surface area contributed by atoms with Crippen LogP contribution in [0.5, 0.6) is 0 Å². The maximum atomic E-state index is 9.60. The van der Waals surface area contributed by atoms with E-state index in [0.717, 1.165) is 19.0 Å². The van der Waals surface area contributed by atoms with Crippen LogP contribution in [0.4, 0.5) is 0 Å². The topological polar surface area (TPSA) is 64.3 Å². The van der Waals surface area contributed by atoms with Gasteiger partial charge in [0, 0.05) is 6.04 Å². The van der Waals surface area contributed by atoms with Crippen molar-refractivity contribution in [2.45, 2.75) is 52.2 Å². The second-order valence-corrected chi connectivity index (χ2v) is 5.27. The van der Waals surface area contributed by atoms with Gasteiger partial charge in [-0.25, -0.2) is 0 Å². The van der Waals surface area contributed by atoms with Gasteiger partial charge < -0.3 is 15.8 Å². The van der Waals surface area contributed by atoms with Crippen LogP contribution in [0.2, 0.25) is 0 Å². The first-order chi connectivity index (χ1) is 7.37. The van der Waals surface area contributed by atoms with Crippen LogP contribution in [0.1, 0.15) is 40.5 Å². The summed E-state index contributed by atoms with van der Waals surface area (Å²) in [6.07, 6.45) is 2.52. The first-order valence-electron chi connectivity index (χ1n) is 5.94. The lowest BCUT2D eigenvalue weighted by atomic mass is 9.92. The summed E-state index contributed by atoms with van der Waals surface area (Å²) in [5, 5.41) is 3.31. The summed E-state index contributed by atoms with van der Waals surface area (Å²) in [4.78, 5) is 9.60. The van der Waals surface area contributed by atoms with Crippen molar-refractivity contribution in [1.82, 2.24) is 5.32 Å². The van der Waals surface area contributed by atoms with E-state index in [1.54, 1.807) is 0 Å². The zero-order valence-electron chi connectivity index (χ0n) is 11.0. The van der Waals surface area contributed by atoms with Crippen LogP contribution in [0, 0.1) is 5.92 Å². The fourth-order valence-corrected chi connectivity index (χ4v) is 1.51. The van der Waals surface area contributed by atoms with Gasteiger partial charge in [-0.1, -0.05) is 0 Å². The molecule has 0 aromatic carbocycles.